The molecule has 0 unspecified atom stereocenters. The van der Waals surface area contributed by atoms with Crippen molar-refractivity contribution in [2.75, 3.05) is 5.73 Å². The van der Waals surface area contributed by atoms with Crippen LogP contribution < -0.4 is 5.73 Å². The van der Waals surface area contributed by atoms with Gasteiger partial charge in [0.1, 0.15) is 11.5 Å². The summed E-state index contributed by atoms with van der Waals surface area (Å²) in [5, 5.41) is 3.94. The Morgan fingerprint density at radius 1 is 1.19 bits per heavy atom. The number of anilines is 1. The topological polar surface area (TPSA) is 52.0 Å². The van der Waals surface area contributed by atoms with Crippen LogP contribution in [0.25, 0.3) is 22.4 Å². The first-order valence-electron chi connectivity index (χ1n) is 6.34. The van der Waals surface area contributed by atoms with E-state index in [1.165, 1.54) is 6.07 Å². The zero-order chi connectivity index (χ0) is 15.0. The van der Waals surface area contributed by atoms with Crippen molar-refractivity contribution in [3.63, 3.8) is 0 Å². The third-order valence-electron chi connectivity index (χ3n) is 3.23. The van der Waals surface area contributed by atoms with Gasteiger partial charge in [0.15, 0.2) is 0 Å². The van der Waals surface area contributed by atoms with E-state index < -0.39 is 5.82 Å². The Morgan fingerprint density at radius 2 is 1.95 bits per heavy atom. The Bertz CT molecular complexity index is 814. The van der Waals surface area contributed by atoms with Crippen molar-refractivity contribution in [3.05, 3.63) is 58.9 Å². The monoisotopic (exact) mass is 302 g/mol. The van der Waals surface area contributed by atoms with Crippen molar-refractivity contribution in [1.82, 2.24) is 5.16 Å². The standard InChI is InChI=1S/C16H12ClFN2O/c1-9-4-2-5-10(8-9)13-15(20-21-16(13)19)11-6-3-7-12(18)14(11)17/h2-8H,19H2,1H3. The molecule has 1 heterocycles. The number of nitrogen functional groups attached to an aromatic ring is 1. The minimum atomic E-state index is -0.508. The molecule has 21 heavy (non-hydrogen) atoms. The Morgan fingerprint density at radius 3 is 2.71 bits per heavy atom. The molecule has 2 aromatic carbocycles. The van der Waals surface area contributed by atoms with Crippen molar-refractivity contribution >= 4 is 17.5 Å². The molecule has 0 bridgehead atoms. The minimum Gasteiger partial charge on any atom is -0.367 e. The van der Waals surface area contributed by atoms with Crippen LogP contribution in [0.2, 0.25) is 5.02 Å². The van der Waals surface area contributed by atoms with Gasteiger partial charge in [0.25, 0.3) is 0 Å². The number of aryl methyl sites for hydroxylation is 1. The molecule has 0 spiro atoms. The smallest absolute Gasteiger partial charge is 0.230 e. The normalized spacial score (nSPS) is 10.8. The number of benzene rings is 2. The Labute approximate surface area is 126 Å². The molecule has 0 fully saturated rings. The second-order valence-corrected chi connectivity index (χ2v) is 5.12. The molecule has 0 saturated heterocycles. The highest BCUT2D eigenvalue weighted by Gasteiger charge is 2.20. The summed E-state index contributed by atoms with van der Waals surface area (Å²) in [6, 6.07) is 12.3. The summed E-state index contributed by atoms with van der Waals surface area (Å²) in [7, 11) is 0. The zero-order valence-corrected chi connectivity index (χ0v) is 12.0. The van der Waals surface area contributed by atoms with Crippen LogP contribution >= 0.6 is 11.6 Å². The molecular weight excluding hydrogens is 291 g/mol. The molecule has 0 amide bonds. The van der Waals surface area contributed by atoms with E-state index in [1.54, 1.807) is 12.1 Å². The van der Waals surface area contributed by atoms with Gasteiger partial charge in [-0.1, -0.05) is 58.7 Å². The second-order valence-electron chi connectivity index (χ2n) is 4.74. The van der Waals surface area contributed by atoms with Crippen LogP contribution in [-0.2, 0) is 0 Å². The number of hydrogen-bond donors (Lipinski definition) is 1. The van der Waals surface area contributed by atoms with Crippen molar-refractivity contribution in [1.29, 1.82) is 0 Å². The quantitative estimate of drug-likeness (QED) is 0.747. The summed E-state index contributed by atoms with van der Waals surface area (Å²) in [6.45, 7) is 1.97. The zero-order valence-electron chi connectivity index (χ0n) is 11.2. The third-order valence-corrected chi connectivity index (χ3v) is 3.62. The number of nitrogens with zero attached hydrogens (tertiary/aromatic N) is 1. The molecule has 3 rings (SSSR count). The van der Waals surface area contributed by atoms with E-state index in [0.29, 0.717) is 16.8 Å². The molecule has 3 nitrogen and oxygen atoms in total. The molecule has 0 atom stereocenters. The van der Waals surface area contributed by atoms with Gasteiger partial charge in [-0.25, -0.2) is 4.39 Å². The van der Waals surface area contributed by atoms with Gasteiger partial charge in [0, 0.05) is 5.56 Å². The van der Waals surface area contributed by atoms with E-state index >= 15 is 0 Å². The highest BCUT2D eigenvalue weighted by atomic mass is 35.5. The van der Waals surface area contributed by atoms with E-state index in [-0.39, 0.29) is 10.9 Å². The Hall–Kier alpha value is -2.33. The van der Waals surface area contributed by atoms with Gasteiger partial charge in [-0.3, -0.25) is 0 Å². The molecule has 106 valence electrons. The van der Waals surface area contributed by atoms with Gasteiger partial charge >= 0.3 is 0 Å². The van der Waals surface area contributed by atoms with Crippen molar-refractivity contribution in [2.45, 2.75) is 6.92 Å². The minimum absolute atomic E-state index is 0.000275. The van der Waals surface area contributed by atoms with Gasteiger partial charge < -0.3 is 10.3 Å². The predicted octanol–water partition coefficient (Wildman–Crippen LogP) is 4.69. The van der Waals surface area contributed by atoms with E-state index in [9.17, 15) is 4.39 Å². The summed E-state index contributed by atoms with van der Waals surface area (Å²) in [6.07, 6.45) is 0. The molecule has 5 heteroatoms. The number of aromatic nitrogens is 1. The molecule has 3 aromatic rings. The van der Waals surface area contributed by atoms with E-state index in [4.69, 9.17) is 21.9 Å². The van der Waals surface area contributed by atoms with Crippen LogP contribution in [0.3, 0.4) is 0 Å². The van der Waals surface area contributed by atoms with Crippen LogP contribution in [0.4, 0.5) is 10.3 Å². The fourth-order valence-electron chi connectivity index (χ4n) is 2.25. The van der Waals surface area contributed by atoms with Crippen molar-refractivity contribution < 1.29 is 8.91 Å². The third kappa shape index (κ3) is 2.38. The number of hydrogen-bond acceptors (Lipinski definition) is 3. The average molecular weight is 303 g/mol. The maximum absolute atomic E-state index is 13.6. The van der Waals surface area contributed by atoms with Crippen LogP contribution in [0.1, 0.15) is 5.56 Å². The summed E-state index contributed by atoms with van der Waals surface area (Å²) >= 11 is 6.03. The molecule has 0 radical (unpaired) electrons. The fraction of sp³-hybridized carbons (Fsp3) is 0.0625. The lowest BCUT2D eigenvalue weighted by Crippen LogP contribution is -1.90. The van der Waals surface area contributed by atoms with Gasteiger partial charge in [-0.15, -0.1) is 0 Å². The predicted molar refractivity (Wildman–Crippen MR) is 81.5 cm³/mol. The fourth-order valence-corrected chi connectivity index (χ4v) is 2.47. The lowest BCUT2D eigenvalue weighted by atomic mass is 9.99. The van der Waals surface area contributed by atoms with Gasteiger partial charge in [0.05, 0.1) is 10.6 Å². The maximum Gasteiger partial charge on any atom is 0.230 e. The molecule has 0 aliphatic heterocycles. The number of halogens is 2. The molecule has 1 aromatic heterocycles. The van der Waals surface area contributed by atoms with Crippen LogP contribution in [0.15, 0.2) is 47.0 Å². The first kappa shape index (κ1) is 13.6. The number of rotatable bonds is 2. The SMILES string of the molecule is Cc1cccc(-c2c(-c3cccc(F)c3Cl)noc2N)c1. The highest BCUT2D eigenvalue weighted by Crippen LogP contribution is 2.39. The molecule has 0 aliphatic rings. The second kappa shape index (κ2) is 5.22. The van der Waals surface area contributed by atoms with Crippen molar-refractivity contribution in [3.8, 4) is 22.4 Å². The summed E-state index contributed by atoms with van der Waals surface area (Å²) in [5.41, 5.74) is 9.31. The van der Waals surface area contributed by atoms with E-state index in [2.05, 4.69) is 5.16 Å². The van der Waals surface area contributed by atoms with Crippen LogP contribution in [0, 0.1) is 12.7 Å². The Kier molecular flexibility index (Phi) is 3.39. The summed E-state index contributed by atoms with van der Waals surface area (Å²) < 4.78 is 18.7. The lowest BCUT2D eigenvalue weighted by molar-refractivity contribution is 0.439. The molecule has 0 saturated carbocycles. The molecule has 0 aliphatic carbocycles. The van der Waals surface area contributed by atoms with Gasteiger partial charge in [0.2, 0.25) is 5.88 Å². The van der Waals surface area contributed by atoms with Crippen LogP contribution in [0.5, 0.6) is 0 Å². The van der Waals surface area contributed by atoms with E-state index in [1.807, 2.05) is 31.2 Å². The van der Waals surface area contributed by atoms with E-state index in [0.717, 1.165) is 11.1 Å². The largest absolute Gasteiger partial charge is 0.367 e. The van der Waals surface area contributed by atoms with Gasteiger partial charge in [-0.05, 0) is 18.6 Å². The maximum atomic E-state index is 13.6. The lowest BCUT2D eigenvalue weighted by Gasteiger charge is -2.06. The number of nitrogens with two attached hydrogens (primary N) is 1. The summed E-state index contributed by atoms with van der Waals surface area (Å²) in [4.78, 5) is 0. The van der Waals surface area contributed by atoms with Gasteiger partial charge in [-0.2, -0.15) is 0 Å². The van der Waals surface area contributed by atoms with Crippen LogP contribution in [-0.4, -0.2) is 5.16 Å². The van der Waals surface area contributed by atoms with Crippen molar-refractivity contribution in [2.24, 2.45) is 0 Å². The first-order chi connectivity index (χ1) is 10.1. The first-order valence-corrected chi connectivity index (χ1v) is 6.72. The Balaban J connectivity index is 2.24. The summed E-state index contributed by atoms with van der Waals surface area (Å²) in [5.74, 6) is -0.332. The molecular formula is C16H12ClFN2O. The molecule has 2 N–H and O–H groups in total. The highest BCUT2D eigenvalue weighted by molar-refractivity contribution is 6.33. The average Bonchev–Trinajstić information content (AvgIpc) is 2.83.